The van der Waals surface area contributed by atoms with Crippen LogP contribution in [-0.2, 0) is 16.4 Å². The molecule has 16 heteroatoms. The molecule has 3 fully saturated rings. The summed E-state index contributed by atoms with van der Waals surface area (Å²) in [6.45, 7) is 7.46. The molecule has 65 heavy (non-hydrogen) atoms. The van der Waals surface area contributed by atoms with E-state index in [0.29, 0.717) is 41.2 Å². The Kier molecular flexibility index (Phi) is 11.2. The number of nitrogens with zero attached hydrogens (tertiary/aromatic N) is 5. The van der Waals surface area contributed by atoms with Crippen LogP contribution in [0.25, 0.3) is 11.0 Å². The Hall–Kier alpha value is -6.52. The fourth-order valence-corrected chi connectivity index (χ4v) is 11.4. The van der Waals surface area contributed by atoms with Crippen molar-refractivity contribution in [2.75, 3.05) is 36.5 Å². The van der Waals surface area contributed by atoms with Gasteiger partial charge in [0, 0.05) is 48.5 Å². The average molecular weight is 897 g/mol. The van der Waals surface area contributed by atoms with Crippen LogP contribution < -0.4 is 24.4 Å². The minimum absolute atomic E-state index is 0.0315. The van der Waals surface area contributed by atoms with Crippen molar-refractivity contribution in [1.29, 1.82) is 0 Å². The number of H-pyrrole nitrogens is 1. The molecule has 0 unspecified atom stereocenters. The SMILES string of the molecule is CC(C)c1ccccc1[C@H]1CCCN1C1CC2(CCN(c3ccc(C(=O)NS(=O)(=O)c4cc([N+](=O)[O-])c5c(n4)OC[C@@H](Cc4ccccc4)N5)c(Oc4cnc5[nH]ccc5c4)c3)CC2)C1. The molecular weight excluding hydrogens is 845 g/mol. The van der Waals surface area contributed by atoms with Crippen LogP contribution in [0.4, 0.5) is 17.1 Å². The average Bonchev–Trinajstić information content (AvgIpc) is 3.98. The number of amides is 1. The van der Waals surface area contributed by atoms with Crippen molar-refractivity contribution in [2.45, 2.75) is 87.9 Å². The van der Waals surface area contributed by atoms with Gasteiger partial charge in [0.25, 0.3) is 15.9 Å². The van der Waals surface area contributed by atoms with Crippen molar-refractivity contribution in [1.82, 2.24) is 24.6 Å². The molecule has 2 saturated heterocycles. The predicted molar refractivity (Wildman–Crippen MR) is 247 cm³/mol. The highest BCUT2D eigenvalue weighted by Gasteiger charge is 2.50. The van der Waals surface area contributed by atoms with Crippen LogP contribution in [0.3, 0.4) is 0 Å². The van der Waals surface area contributed by atoms with Gasteiger partial charge in [-0.2, -0.15) is 13.4 Å². The normalized spacial score (nSPS) is 19.6. The molecule has 6 heterocycles. The molecule has 0 radical (unpaired) electrons. The lowest BCUT2D eigenvalue weighted by Gasteiger charge is -2.56. The number of ether oxygens (including phenoxy) is 2. The maximum atomic E-state index is 14.1. The minimum Gasteiger partial charge on any atom is -0.474 e. The summed E-state index contributed by atoms with van der Waals surface area (Å²) in [7, 11) is -4.76. The van der Waals surface area contributed by atoms with Crippen molar-refractivity contribution < 1.29 is 27.6 Å². The molecule has 4 aliphatic rings. The maximum absolute atomic E-state index is 14.1. The van der Waals surface area contributed by atoms with Gasteiger partial charge in [0.15, 0.2) is 10.7 Å². The maximum Gasteiger partial charge on any atom is 0.300 e. The zero-order chi connectivity index (χ0) is 44.9. The Labute approximate surface area is 377 Å². The van der Waals surface area contributed by atoms with E-state index in [1.54, 1.807) is 30.5 Å². The van der Waals surface area contributed by atoms with Gasteiger partial charge in [-0.25, -0.2) is 9.71 Å². The van der Waals surface area contributed by atoms with Crippen molar-refractivity contribution in [2.24, 2.45) is 5.41 Å². The van der Waals surface area contributed by atoms with Crippen LogP contribution in [0, 0.1) is 15.5 Å². The van der Waals surface area contributed by atoms with Crippen molar-refractivity contribution >= 4 is 44.0 Å². The van der Waals surface area contributed by atoms with Crippen LogP contribution in [0.2, 0.25) is 0 Å². The lowest BCUT2D eigenvalue weighted by Crippen LogP contribution is -2.54. The summed E-state index contributed by atoms with van der Waals surface area (Å²) in [6, 6.07) is 28.8. The van der Waals surface area contributed by atoms with Crippen LogP contribution in [0.1, 0.15) is 91.4 Å². The molecule has 1 aliphatic carbocycles. The summed E-state index contributed by atoms with van der Waals surface area (Å²) in [6.07, 6.45) is 10.7. The van der Waals surface area contributed by atoms with Crippen molar-refractivity contribution in [3.63, 3.8) is 0 Å². The Morgan fingerprint density at radius 3 is 2.58 bits per heavy atom. The number of rotatable bonds is 12. The van der Waals surface area contributed by atoms with E-state index in [-0.39, 0.29) is 35.5 Å². The monoisotopic (exact) mass is 896 g/mol. The minimum atomic E-state index is -4.76. The quantitative estimate of drug-likeness (QED) is 0.0784. The van der Waals surface area contributed by atoms with E-state index in [2.05, 4.69) is 72.9 Å². The molecule has 3 aliphatic heterocycles. The number of nitrogens with one attached hydrogen (secondary N) is 3. The summed E-state index contributed by atoms with van der Waals surface area (Å²) < 4.78 is 42.0. The van der Waals surface area contributed by atoms with Gasteiger partial charge in [-0.1, -0.05) is 68.4 Å². The van der Waals surface area contributed by atoms with Crippen LogP contribution in [0.5, 0.6) is 17.4 Å². The number of nitro groups is 1. The highest BCUT2D eigenvalue weighted by atomic mass is 32.2. The number of pyridine rings is 2. The van der Waals surface area contributed by atoms with Crippen molar-refractivity contribution in [3.05, 3.63) is 136 Å². The van der Waals surface area contributed by atoms with Gasteiger partial charge in [0.2, 0.25) is 5.88 Å². The zero-order valence-electron chi connectivity index (χ0n) is 36.4. The number of sulfonamides is 1. The van der Waals surface area contributed by atoms with E-state index >= 15 is 0 Å². The second-order valence-corrected chi connectivity index (χ2v) is 19.9. The first-order valence-corrected chi connectivity index (χ1v) is 23.9. The number of hydrogen-bond acceptors (Lipinski definition) is 12. The Morgan fingerprint density at radius 2 is 1.80 bits per heavy atom. The van der Waals surface area contributed by atoms with E-state index in [0.717, 1.165) is 55.2 Å². The molecule has 0 bridgehead atoms. The van der Waals surface area contributed by atoms with Crippen LogP contribution >= 0.6 is 0 Å². The Morgan fingerprint density at radius 1 is 1.02 bits per heavy atom. The number of benzene rings is 3. The van der Waals surface area contributed by atoms with E-state index in [1.165, 1.54) is 43.0 Å². The lowest BCUT2D eigenvalue weighted by atomic mass is 9.59. The fourth-order valence-electron chi connectivity index (χ4n) is 10.5. The summed E-state index contributed by atoms with van der Waals surface area (Å²) >= 11 is 0. The molecule has 2 atom stereocenters. The number of carbonyl (C=O) groups is 1. The van der Waals surface area contributed by atoms with Gasteiger partial charge < -0.3 is 24.7 Å². The summed E-state index contributed by atoms with van der Waals surface area (Å²) in [4.78, 5) is 42.3. The van der Waals surface area contributed by atoms with Gasteiger partial charge in [0.05, 0.1) is 28.8 Å². The first-order valence-electron chi connectivity index (χ1n) is 22.5. The highest BCUT2D eigenvalue weighted by molar-refractivity contribution is 7.90. The number of fused-ring (bicyclic) bond motifs is 2. The third kappa shape index (κ3) is 8.48. The number of likely N-dealkylation sites (tertiary alicyclic amines) is 1. The number of carbonyl (C=O) groups excluding carboxylic acids is 1. The summed E-state index contributed by atoms with van der Waals surface area (Å²) in [5.74, 6) is -0.280. The third-order valence-corrected chi connectivity index (χ3v) is 15.0. The number of piperidine rings is 1. The molecular formula is C49H52N8O7S. The van der Waals surface area contributed by atoms with E-state index in [1.807, 2.05) is 36.4 Å². The molecule has 3 N–H and O–H groups in total. The van der Waals surface area contributed by atoms with E-state index in [9.17, 15) is 23.3 Å². The second kappa shape index (κ2) is 17.1. The van der Waals surface area contributed by atoms with Crippen molar-refractivity contribution in [3.8, 4) is 17.4 Å². The van der Waals surface area contributed by atoms with Gasteiger partial charge in [0.1, 0.15) is 23.8 Å². The zero-order valence-corrected chi connectivity index (χ0v) is 37.2. The van der Waals surface area contributed by atoms with E-state index < -0.39 is 31.6 Å². The molecule has 1 amide bonds. The largest absolute Gasteiger partial charge is 0.474 e. The topological polar surface area (TPSA) is 185 Å². The molecule has 15 nitrogen and oxygen atoms in total. The molecule has 336 valence electrons. The molecule has 6 aromatic rings. The molecule has 1 saturated carbocycles. The van der Waals surface area contributed by atoms with Gasteiger partial charge >= 0.3 is 5.69 Å². The van der Waals surface area contributed by atoms with E-state index in [4.69, 9.17) is 9.47 Å². The summed E-state index contributed by atoms with van der Waals surface area (Å²) in [5, 5.41) is 15.5. The number of anilines is 2. The first kappa shape index (κ1) is 42.4. The Bertz CT molecular complexity index is 2870. The van der Waals surface area contributed by atoms with Gasteiger partial charge in [-0.05, 0) is 104 Å². The number of aromatic amines is 1. The predicted octanol–water partition coefficient (Wildman–Crippen LogP) is 8.90. The first-order chi connectivity index (χ1) is 31.4. The number of hydrogen-bond donors (Lipinski definition) is 3. The van der Waals surface area contributed by atoms with Crippen LogP contribution in [-0.4, -0.2) is 77.4 Å². The standard InChI is InChI=1S/C49H52N8O7S/c1-31(2)38-11-6-7-12-39(38)41-13-8-20-56(41)36-27-49(28-36)17-21-55(22-18-49)35-14-15-40(43(25-35)64-37-24-33-16-19-50-46(33)51-29-37)47(58)54-65(61,62)44-26-42(57(59)60)45-48(53-44)63-30-34(52-45)23-32-9-4-3-5-10-32/h3-7,9-12,14-16,19,24-26,29,31,34,36,41,52H,8,13,17-18,20-23,27-28,30H2,1-2H3,(H,50,51)(H,54,58)/t34-,41-/m1/s1. The lowest BCUT2D eigenvalue weighted by molar-refractivity contribution is -0.384. The summed E-state index contributed by atoms with van der Waals surface area (Å²) in [5.41, 5.74) is 5.10. The fraction of sp³-hybridized carbons (Fsp3) is 0.367. The van der Waals surface area contributed by atoms with Gasteiger partial charge in [-0.15, -0.1) is 0 Å². The second-order valence-electron chi connectivity index (χ2n) is 18.3. The third-order valence-electron chi connectivity index (χ3n) is 13.8. The smallest absolute Gasteiger partial charge is 0.300 e. The molecule has 3 aromatic heterocycles. The van der Waals surface area contributed by atoms with Gasteiger partial charge in [-0.3, -0.25) is 19.8 Å². The van der Waals surface area contributed by atoms with Crippen LogP contribution in [0.15, 0.2) is 108 Å². The molecule has 1 spiro atoms. The highest BCUT2D eigenvalue weighted by Crippen LogP contribution is 2.54. The molecule has 3 aromatic carbocycles. The molecule has 10 rings (SSSR count). The number of aromatic nitrogens is 3. The Balaban J connectivity index is 0.859.